The van der Waals surface area contributed by atoms with Gasteiger partial charge in [0.1, 0.15) is 0 Å². The van der Waals surface area contributed by atoms with Crippen molar-refractivity contribution in [2.45, 2.75) is 19.9 Å². The summed E-state index contributed by atoms with van der Waals surface area (Å²) in [6.45, 7) is 3.12. The average Bonchev–Trinajstić information content (AvgIpc) is 2.20. The molecule has 0 aliphatic rings. The van der Waals surface area contributed by atoms with Gasteiger partial charge in [0, 0.05) is 6.07 Å². The minimum atomic E-state index is -0.654. The third kappa shape index (κ3) is 2.54. The van der Waals surface area contributed by atoms with E-state index in [4.69, 9.17) is 5.73 Å². The molecule has 0 fully saturated rings. The van der Waals surface area contributed by atoms with E-state index >= 15 is 0 Å². The number of hydrogen-bond donors (Lipinski definition) is 2. The molecular weight excluding hydrogens is 210 g/mol. The molecule has 0 spiro atoms. The fourth-order valence-corrected chi connectivity index (χ4v) is 1.20. The van der Waals surface area contributed by atoms with E-state index in [0.717, 1.165) is 0 Å². The van der Waals surface area contributed by atoms with E-state index in [-0.39, 0.29) is 11.6 Å². The third-order valence-electron chi connectivity index (χ3n) is 2.17. The highest BCUT2D eigenvalue weighted by atomic mass is 16.6. The Bertz CT molecular complexity index is 429. The lowest BCUT2D eigenvalue weighted by molar-refractivity contribution is -0.385. The van der Waals surface area contributed by atoms with Gasteiger partial charge in [-0.2, -0.15) is 0 Å². The van der Waals surface area contributed by atoms with Crippen molar-refractivity contribution in [2.75, 3.05) is 5.32 Å². The molecule has 0 heterocycles. The Balaban J connectivity index is 3.02. The predicted molar refractivity (Wildman–Crippen MR) is 60.1 cm³/mol. The summed E-state index contributed by atoms with van der Waals surface area (Å²) in [5, 5.41) is 13.2. The first-order valence-electron chi connectivity index (χ1n) is 4.74. The van der Waals surface area contributed by atoms with E-state index in [1.165, 1.54) is 12.1 Å². The molecule has 0 bridgehead atoms. The van der Waals surface area contributed by atoms with Crippen LogP contribution >= 0.6 is 0 Å². The topological polar surface area (TPSA) is 98.3 Å². The van der Waals surface area contributed by atoms with E-state index in [1.54, 1.807) is 19.9 Å². The molecule has 0 aromatic heterocycles. The molecule has 86 valence electrons. The molecule has 3 N–H and O–H groups in total. The lowest BCUT2D eigenvalue weighted by atomic mass is 10.1. The summed E-state index contributed by atoms with van der Waals surface area (Å²) in [6, 6.07) is 3.85. The van der Waals surface area contributed by atoms with E-state index in [9.17, 15) is 14.9 Å². The van der Waals surface area contributed by atoms with Gasteiger partial charge in [-0.1, -0.05) is 6.07 Å². The van der Waals surface area contributed by atoms with Crippen LogP contribution in [0.4, 0.5) is 11.4 Å². The van der Waals surface area contributed by atoms with Gasteiger partial charge < -0.3 is 11.1 Å². The molecule has 1 aromatic carbocycles. The Morgan fingerprint density at radius 1 is 1.56 bits per heavy atom. The summed E-state index contributed by atoms with van der Waals surface area (Å²) in [6.07, 6.45) is 0. The quantitative estimate of drug-likeness (QED) is 0.593. The largest absolute Gasteiger partial charge is 0.324 e. The summed E-state index contributed by atoms with van der Waals surface area (Å²) in [5.41, 5.74) is 6.19. The molecule has 1 atom stereocenters. The van der Waals surface area contributed by atoms with Crippen LogP contribution in [0.5, 0.6) is 0 Å². The maximum absolute atomic E-state index is 11.3. The minimum Gasteiger partial charge on any atom is -0.324 e. The van der Waals surface area contributed by atoms with Crippen LogP contribution in [-0.4, -0.2) is 16.9 Å². The Morgan fingerprint density at radius 3 is 2.69 bits per heavy atom. The van der Waals surface area contributed by atoms with E-state index in [0.29, 0.717) is 11.3 Å². The van der Waals surface area contributed by atoms with Crippen molar-refractivity contribution in [2.24, 2.45) is 5.73 Å². The van der Waals surface area contributed by atoms with Gasteiger partial charge in [0.05, 0.1) is 22.2 Å². The van der Waals surface area contributed by atoms with Gasteiger partial charge in [0.15, 0.2) is 0 Å². The zero-order chi connectivity index (χ0) is 12.3. The number of nitrogens with one attached hydrogen (secondary N) is 1. The number of benzene rings is 1. The van der Waals surface area contributed by atoms with Crippen molar-refractivity contribution in [1.29, 1.82) is 0 Å². The van der Waals surface area contributed by atoms with Crippen LogP contribution in [0.25, 0.3) is 0 Å². The molecule has 0 aliphatic carbocycles. The second kappa shape index (κ2) is 4.71. The Morgan fingerprint density at radius 2 is 2.19 bits per heavy atom. The van der Waals surface area contributed by atoms with E-state index < -0.39 is 11.0 Å². The highest BCUT2D eigenvalue weighted by molar-refractivity contribution is 5.95. The van der Waals surface area contributed by atoms with Crippen LogP contribution < -0.4 is 11.1 Å². The highest BCUT2D eigenvalue weighted by Crippen LogP contribution is 2.24. The molecule has 0 saturated heterocycles. The van der Waals surface area contributed by atoms with Crippen molar-refractivity contribution in [1.82, 2.24) is 0 Å². The number of amides is 1. The van der Waals surface area contributed by atoms with Gasteiger partial charge in [0.2, 0.25) is 5.91 Å². The summed E-state index contributed by atoms with van der Waals surface area (Å²) >= 11 is 0. The SMILES string of the molecule is Cc1c(NC(=O)C(C)N)cccc1[N+](=O)[O-]. The normalized spacial score (nSPS) is 11.9. The van der Waals surface area contributed by atoms with Crippen LogP contribution in [-0.2, 0) is 4.79 Å². The standard InChI is InChI=1S/C10H13N3O3/c1-6-8(12-10(14)7(2)11)4-3-5-9(6)13(15)16/h3-5,7H,11H2,1-2H3,(H,12,14). The van der Waals surface area contributed by atoms with Gasteiger partial charge in [0.25, 0.3) is 5.69 Å². The first-order valence-corrected chi connectivity index (χ1v) is 4.74. The predicted octanol–water partition coefficient (Wildman–Crippen LogP) is 1.19. The lowest BCUT2D eigenvalue weighted by Crippen LogP contribution is -2.32. The minimum absolute atomic E-state index is 0.0255. The van der Waals surface area contributed by atoms with Crippen molar-refractivity contribution in [3.05, 3.63) is 33.9 Å². The molecule has 1 aromatic rings. The summed E-state index contributed by atoms with van der Waals surface area (Å²) in [4.78, 5) is 21.5. The highest BCUT2D eigenvalue weighted by Gasteiger charge is 2.15. The van der Waals surface area contributed by atoms with Crippen LogP contribution in [0.2, 0.25) is 0 Å². The molecule has 1 unspecified atom stereocenters. The number of nitrogens with zero attached hydrogens (tertiary/aromatic N) is 1. The fourth-order valence-electron chi connectivity index (χ4n) is 1.20. The molecule has 0 aliphatic heterocycles. The van der Waals surface area contributed by atoms with Crippen LogP contribution in [0.15, 0.2) is 18.2 Å². The smallest absolute Gasteiger partial charge is 0.274 e. The van der Waals surface area contributed by atoms with Crippen molar-refractivity contribution in [3.63, 3.8) is 0 Å². The number of nitrogens with two attached hydrogens (primary N) is 1. The number of rotatable bonds is 3. The maximum atomic E-state index is 11.3. The van der Waals surface area contributed by atoms with Gasteiger partial charge in [-0.15, -0.1) is 0 Å². The molecule has 0 saturated carbocycles. The summed E-state index contributed by atoms with van der Waals surface area (Å²) in [5.74, 6) is -0.372. The van der Waals surface area contributed by atoms with Crippen molar-refractivity contribution >= 4 is 17.3 Å². The third-order valence-corrected chi connectivity index (χ3v) is 2.17. The van der Waals surface area contributed by atoms with Crippen LogP contribution in [0.3, 0.4) is 0 Å². The molecule has 1 rings (SSSR count). The average molecular weight is 223 g/mol. The Kier molecular flexibility index (Phi) is 3.57. The molecule has 16 heavy (non-hydrogen) atoms. The lowest BCUT2D eigenvalue weighted by Gasteiger charge is -2.10. The molecule has 6 heteroatoms. The number of carbonyl (C=O) groups is 1. The fraction of sp³-hybridized carbons (Fsp3) is 0.300. The number of nitro benzene ring substituents is 1. The van der Waals surface area contributed by atoms with Gasteiger partial charge in [-0.3, -0.25) is 14.9 Å². The van der Waals surface area contributed by atoms with Gasteiger partial charge in [-0.05, 0) is 19.9 Å². The molecule has 1 amide bonds. The number of hydrogen-bond acceptors (Lipinski definition) is 4. The first kappa shape index (κ1) is 12.1. The molecule has 6 nitrogen and oxygen atoms in total. The number of carbonyl (C=O) groups excluding carboxylic acids is 1. The van der Waals surface area contributed by atoms with Crippen LogP contribution in [0, 0.1) is 17.0 Å². The van der Waals surface area contributed by atoms with Crippen molar-refractivity contribution in [3.8, 4) is 0 Å². The monoisotopic (exact) mass is 223 g/mol. The van der Waals surface area contributed by atoms with Crippen molar-refractivity contribution < 1.29 is 9.72 Å². The Labute approximate surface area is 92.6 Å². The van der Waals surface area contributed by atoms with E-state index in [2.05, 4.69) is 5.32 Å². The first-order chi connectivity index (χ1) is 7.43. The molecule has 0 radical (unpaired) electrons. The zero-order valence-electron chi connectivity index (χ0n) is 9.06. The second-order valence-electron chi connectivity index (χ2n) is 3.48. The molecular formula is C10H13N3O3. The van der Waals surface area contributed by atoms with E-state index in [1.807, 2.05) is 0 Å². The Hall–Kier alpha value is -1.95. The van der Waals surface area contributed by atoms with Crippen LogP contribution in [0.1, 0.15) is 12.5 Å². The maximum Gasteiger partial charge on any atom is 0.274 e. The zero-order valence-corrected chi connectivity index (χ0v) is 9.06. The van der Waals surface area contributed by atoms with Gasteiger partial charge >= 0.3 is 0 Å². The van der Waals surface area contributed by atoms with Gasteiger partial charge in [-0.25, -0.2) is 0 Å². The number of nitro groups is 1. The summed E-state index contributed by atoms with van der Waals surface area (Å²) < 4.78 is 0. The number of anilines is 1. The second-order valence-corrected chi connectivity index (χ2v) is 3.48. The summed E-state index contributed by atoms with van der Waals surface area (Å²) in [7, 11) is 0.